The summed E-state index contributed by atoms with van der Waals surface area (Å²) in [6.07, 6.45) is 0. The third-order valence-electron chi connectivity index (χ3n) is 5.41. The van der Waals surface area contributed by atoms with Crippen molar-refractivity contribution in [1.82, 2.24) is 4.90 Å². The average molecular weight is 477 g/mol. The van der Waals surface area contributed by atoms with Crippen molar-refractivity contribution in [2.45, 2.75) is 20.4 Å². The van der Waals surface area contributed by atoms with E-state index in [1.54, 1.807) is 42.5 Å². The molecule has 3 aromatic carbocycles. The molecule has 3 aromatic rings. The summed E-state index contributed by atoms with van der Waals surface area (Å²) in [4.78, 5) is 51.1. The number of hydrogen-bond donors (Lipinski definition) is 1. The van der Waals surface area contributed by atoms with Crippen molar-refractivity contribution in [2.24, 2.45) is 0 Å². The molecule has 0 bridgehead atoms. The van der Waals surface area contributed by atoms with Crippen LogP contribution in [0.3, 0.4) is 0 Å². The van der Waals surface area contributed by atoms with E-state index in [9.17, 15) is 19.2 Å². The molecule has 7 nitrogen and oxygen atoms in total. The molecule has 0 radical (unpaired) electrons. The van der Waals surface area contributed by atoms with E-state index < -0.39 is 18.5 Å². The molecule has 1 heterocycles. The molecule has 0 fully saturated rings. The number of fused-ring (bicyclic) bond motifs is 1. The van der Waals surface area contributed by atoms with E-state index in [1.807, 2.05) is 19.9 Å². The number of aryl methyl sites for hydroxylation is 2. The first-order valence-electron chi connectivity index (χ1n) is 10.5. The predicted octanol–water partition coefficient (Wildman–Crippen LogP) is 4.55. The van der Waals surface area contributed by atoms with E-state index in [0.717, 1.165) is 16.0 Å². The maximum atomic E-state index is 12.6. The van der Waals surface area contributed by atoms with E-state index in [0.29, 0.717) is 27.4 Å². The highest BCUT2D eigenvalue weighted by atomic mass is 35.5. The van der Waals surface area contributed by atoms with Crippen LogP contribution in [0.5, 0.6) is 0 Å². The lowest BCUT2D eigenvalue weighted by atomic mass is 10.1. The Morgan fingerprint density at radius 1 is 0.941 bits per heavy atom. The van der Waals surface area contributed by atoms with Crippen molar-refractivity contribution < 1.29 is 23.9 Å². The van der Waals surface area contributed by atoms with Crippen molar-refractivity contribution >= 4 is 41.0 Å². The van der Waals surface area contributed by atoms with Crippen LogP contribution in [-0.2, 0) is 16.1 Å². The molecule has 0 spiro atoms. The summed E-state index contributed by atoms with van der Waals surface area (Å²) < 4.78 is 5.14. The zero-order valence-electron chi connectivity index (χ0n) is 18.6. The maximum Gasteiger partial charge on any atom is 0.338 e. The minimum atomic E-state index is -0.703. The number of rotatable bonds is 6. The Labute approximate surface area is 201 Å². The fraction of sp³-hybridized carbons (Fsp3) is 0.154. The van der Waals surface area contributed by atoms with Gasteiger partial charge in [0, 0.05) is 0 Å². The Morgan fingerprint density at radius 3 is 2.26 bits per heavy atom. The van der Waals surface area contributed by atoms with Crippen molar-refractivity contribution in [1.29, 1.82) is 0 Å². The average Bonchev–Trinajstić information content (AvgIpc) is 3.05. The first-order chi connectivity index (χ1) is 16.2. The highest BCUT2D eigenvalue weighted by Crippen LogP contribution is 2.27. The Hall–Kier alpha value is -3.97. The van der Waals surface area contributed by atoms with Crippen molar-refractivity contribution in [3.05, 3.63) is 99.1 Å². The standard InChI is InChI=1S/C26H21ClN2O5/c1-15-10-16(2)23(21(27)11-15)28-22(30)14-34-26(33)18-7-5-6-17(12-18)13-29-24(31)19-8-3-4-9-20(19)25(29)32/h3-12H,13-14H2,1-2H3,(H,28,30). The van der Waals surface area contributed by atoms with Gasteiger partial charge in [0.25, 0.3) is 17.7 Å². The van der Waals surface area contributed by atoms with Crippen LogP contribution in [0.2, 0.25) is 5.02 Å². The lowest BCUT2D eigenvalue weighted by Gasteiger charge is -2.14. The molecule has 0 saturated carbocycles. The van der Waals surface area contributed by atoms with E-state index >= 15 is 0 Å². The number of nitrogens with one attached hydrogen (secondary N) is 1. The van der Waals surface area contributed by atoms with Gasteiger partial charge >= 0.3 is 5.97 Å². The molecule has 0 aromatic heterocycles. The number of amides is 3. The van der Waals surface area contributed by atoms with Gasteiger partial charge in [-0.25, -0.2) is 4.79 Å². The van der Waals surface area contributed by atoms with Gasteiger partial charge in [-0.05, 0) is 60.9 Å². The van der Waals surface area contributed by atoms with Crippen LogP contribution in [0.25, 0.3) is 0 Å². The number of anilines is 1. The smallest absolute Gasteiger partial charge is 0.338 e. The second kappa shape index (κ2) is 9.49. The Kier molecular flexibility index (Phi) is 6.47. The molecule has 1 aliphatic rings. The van der Waals surface area contributed by atoms with Gasteiger partial charge < -0.3 is 10.1 Å². The van der Waals surface area contributed by atoms with Gasteiger partial charge in [0.2, 0.25) is 0 Å². The molecule has 34 heavy (non-hydrogen) atoms. The number of carbonyl (C=O) groups is 4. The second-order valence-corrected chi connectivity index (χ2v) is 8.41. The largest absolute Gasteiger partial charge is 0.452 e. The summed E-state index contributed by atoms with van der Waals surface area (Å²) >= 11 is 6.20. The zero-order chi connectivity index (χ0) is 24.4. The van der Waals surface area contributed by atoms with Crippen LogP contribution in [0.1, 0.15) is 47.8 Å². The Balaban J connectivity index is 1.39. The number of imide groups is 1. The maximum absolute atomic E-state index is 12.6. The van der Waals surface area contributed by atoms with Crippen LogP contribution in [0, 0.1) is 13.8 Å². The molecule has 1 aliphatic heterocycles. The third kappa shape index (κ3) is 4.70. The quantitative estimate of drug-likeness (QED) is 0.416. The topological polar surface area (TPSA) is 92.8 Å². The SMILES string of the molecule is Cc1cc(C)c(NC(=O)COC(=O)c2cccc(CN3C(=O)c4ccccc4C3=O)c2)c(Cl)c1. The summed E-state index contributed by atoms with van der Waals surface area (Å²) in [5, 5.41) is 3.06. The fourth-order valence-electron chi connectivity index (χ4n) is 3.83. The van der Waals surface area contributed by atoms with Crippen molar-refractivity contribution in [2.75, 3.05) is 11.9 Å². The number of benzene rings is 3. The lowest BCUT2D eigenvalue weighted by molar-refractivity contribution is -0.119. The van der Waals surface area contributed by atoms with Crippen molar-refractivity contribution in [3.8, 4) is 0 Å². The van der Waals surface area contributed by atoms with Crippen LogP contribution in [0.15, 0.2) is 60.7 Å². The Bertz CT molecular complexity index is 1280. The molecule has 3 amide bonds. The van der Waals surface area contributed by atoms with Crippen LogP contribution >= 0.6 is 11.6 Å². The predicted molar refractivity (Wildman–Crippen MR) is 127 cm³/mol. The number of esters is 1. The highest BCUT2D eigenvalue weighted by Gasteiger charge is 2.35. The van der Waals surface area contributed by atoms with E-state index in [-0.39, 0.29) is 23.9 Å². The summed E-state index contributed by atoms with van der Waals surface area (Å²) in [6.45, 7) is 3.24. The second-order valence-electron chi connectivity index (χ2n) is 8.01. The van der Waals surface area contributed by atoms with Gasteiger partial charge in [-0.3, -0.25) is 19.3 Å². The molecule has 1 N–H and O–H groups in total. The number of halogens is 1. The number of hydrogen-bond acceptors (Lipinski definition) is 5. The van der Waals surface area contributed by atoms with Crippen molar-refractivity contribution in [3.63, 3.8) is 0 Å². The van der Waals surface area contributed by atoms with E-state index in [2.05, 4.69) is 5.32 Å². The molecule has 4 rings (SSSR count). The minimum Gasteiger partial charge on any atom is -0.452 e. The summed E-state index contributed by atoms with van der Waals surface area (Å²) in [5.41, 5.74) is 3.73. The molecular weight excluding hydrogens is 456 g/mol. The van der Waals surface area contributed by atoms with Gasteiger partial charge in [0.1, 0.15) is 0 Å². The number of nitrogens with zero attached hydrogens (tertiary/aromatic N) is 1. The molecule has 172 valence electrons. The number of carbonyl (C=O) groups excluding carboxylic acids is 4. The normalized spacial score (nSPS) is 12.5. The van der Waals surface area contributed by atoms with Gasteiger partial charge in [0.15, 0.2) is 6.61 Å². The summed E-state index contributed by atoms with van der Waals surface area (Å²) in [7, 11) is 0. The van der Waals surface area contributed by atoms with E-state index in [1.165, 1.54) is 12.1 Å². The lowest BCUT2D eigenvalue weighted by Crippen LogP contribution is -2.29. The minimum absolute atomic E-state index is 0.0130. The van der Waals surface area contributed by atoms with E-state index in [4.69, 9.17) is 16.3 Å². The van der Waals surface area contributed by atoms with Gasteiger partial charge in [0.05, 0.1) is 33.9 Å². The molecule has 0 aliphatic carbocycles. The number of ether oxygens (including phenoxy) is 1. The van der Waals surface area contributed by atoms with Gasteiger partial charge in [-0.1, -0.05) is 41.9 Å². The first-order valence-corrected chi connectivity index (χ1v) is 10.9. The summed E-state index contributed by atoms with van der Waals surface area (Å²) in [5.74, 6) is -1.99. The monoisotopic (exact) mass is 476 g/mol. The molecule has 0 saturated heterocycles. The summed E-state index contributed by atoms with van der Waals surface area (Å²) in [6, 6.07) is 16.6. The molecule has 0 atom stereocenters. The molecular formula is C26H21ClN2O5. The Morgan fingerprint density at radius 2 is 1.62 bits per heavy atom. The molecule has 8 heteroatoms. The van der Waals surface area contributed by atoms with Crippen LogP contribution < -0.4 is 5.32 Å². The molecule has 0 unspecified atom stereocenters. The highest BCUT2D eigenvalue weighted by molar-refractivity contribution is 6.34. The van der Waals surface area contributed by atoms with Crippen LogP contribution in [-0.4, -0.2) is 35.2 Å². The van der Waals surface area contributed by atoms with Gasteiger partial charge in [-0.15, -0.1) is 0 Å². The van der Waals surface area contributed by atoms with Crippen LogP contribution in [0.4, 0.5) is 5.69 Å². The fourth-order valence-corrected chi connectivity index (χ4v) is 4.19. The third-order valence-corrected chi connectivity index (χ3v) is 5.71. The van der Waals surface area contributed by atoms with Gasteiger partial charge in [-0.2, -0.15) is 0 Å². The first kappa shape index (κ1) is 23.2. The zero-order valence-corrected chi connectivity index (χ0v) is 19.3.